The maximum Gasteiger partial charge on any atom is 0.0144 e. The van der Waals surface area contributed by atoms with Crippen molar-refractivity contribution < 1.29 is 0 Å². The van der Waals surface area contributed by atoms with E-state index in [1.807, 2.05) is 42.5 Å². The topological polar surface area (TPSA) is 0 Å². The van der Waals surface area contributed by atoms with Crippen LogP contribution in [0, 0.1) is 0 Å². The summed E-state index contributed by atoms with van der Waals surface area (Å²) in [6.45, 7) is 3.63. The van der Waals surface area contributed by atoms with Gasteiger partial charge in [0.1, 0.15) is 0 Å². The fourth-order valence-corrected chi connectivity index (χ4v) is 1.06. The molecule has 0 heterocycles. The molecule has 0 bridgehead atoms. The Morgan fingerprint density at radius 3 is 2.00 bits per heavy atom. The lowest BCUT2D eigenvalue weighted by Crippen LogP contribution is -1.81. The highest BCUT2D eigenvalue weighted by atomic mass is 35.5. The summed E-state index contributed by atoms with van der Waals surface area (Å²) in [5.74, 6) is 0. The van der Waals surface area contributed by atoms with Crippen LogP contribution in [0.3, 0.4) is 0 Å². The van der Waals surface area contributed by atoms with Crippen LogP contribution in [0.1, 0.15) is 18.4 Å². The smallest absolute Gasteiger partial charge is 0.0144 e. The van der Waals surface area contributed by atoms with Crippen LogP contribution in [0.4, 0.5) is 0 Å². The van der Waals surface area contributed by atoms with E-state index in [4.69, 9.17) is 11.6 Å². The van der Waals surface area contributed by atoms with Crippen LogP contribution < -0.4 is 0 Å². The summed E-state index contributed by atoms with van der Waals surface area (Å²) in [6, 6.07) is 10.0. The van der Waals surface area contributed by atoms with E-state index in [1.165, 1.54) is 12.0 Å². The maximum atomic E-state index is 5.41. The van der Waals surface area contributed by atoms with Crippen LogP contribution in [0.2, 0.25) is 0 Å². The molecule has 1 aromatic rings. The van der Waals surface area contributed by atoms with Gasteiger partial charge in [-0.2, -0.15) is 0 Å². The third-order valence-electron chi connectivity index (χ3n) is 1.78. The van der Waals surface area contributed by atoms with Crippen LogP contribution in [-0.4, -0.2) is 0 Å². The Morgan fingerprint density at radius 1 is 1.23 bits per heavy atom. The zero-order valence-electron chi connectivity index (χ0n) is 7.54. The first-order valence-electron chi connectivity index (χ1n) is 4.35. The van der Waals surface area contributed by atoms with Crippen LogP contribution in [0.5, 0.6) is 0 Å². The van der Waals surface area contributed by atoms with E-state index in [0.717, 1.165) is 11.5 Å². The van der Waals surface area contributed by atoms with Crippen LogP contribution in [-0.2, 0) is 0 Å². The Bertz CT molecular complexity index is 285. The summed E-state index contributed by atoms with van der Waals surface area (Å²) in [5, 5.41) is 1.03. The van der Waals surface area contributed by atoms with Crippen molar-refractivity contribution in [2.45, 2.75) is 12.8 Å². The molecule has 1 aliphatic rings. The molecule has 0 radical (unpaired) electrons. The SMILES string of the molecule is C=Cc1ccccc1.ClC1=CCC1. The second-order valence-electron chi connectivity index (χ2n) is 2.80. The van der Waals surface area contributed by atoms with Crippen LogP contribution >= 0.6 is 11.6 Å². The van der Waals surface area contributed by atoms with Gasteiger partial charge < -0.3 is 0 Å². The summed E-state index contributed by atoms with van der Waals surface area (Å²) in [4.78, 5) is 0. The summed E-state index contributed by atoms with van der Waals surface area (Å²) in [6.07, 6.45) is 6.17. The molecule has 68 valence electrons. The van der Waals surface area contributed by atoms with Gasteiger partial charge in [-0.15, -0.1) is 0 Å². The molecular formula is C12H13Cl. The molecule has 0 spiro atoms. The van der Waals surface area contributed by atoms with Gasteiger partial charge in [-0.25, -0.2) is 0 Å². The van der Waals surface area contributed by atoms with Gasteiger partial charge in [-0.1, -0.05) is 60.7 Å². The Balaban J connectivity index is 0.000000145. The third kappa shape index (κ3) is 3.95. The second-order valence-corrected chi connectivity index (χ2v) is 3.29. The monoisotopic (exact) mass is 192 g/mol. The van der Waals surface area contributed by atoms with Gasteiger partial charge in [0.25, 0.3) is 0 Å². The molecule has 1 heteroatoms. The molecule has 0 unspecified atom stereocenters. The molecule has 13 heavy (non-hydrogen) atoms. The Hall–Kier alpha value is -1.01. The maximum absolute atomic E-state index is 5.41. The van der Waals surface area contributed by atoms with Gasteiger partial charge >= 0.3 is 0 Å². The van der Waals surface area contributed by atoms with Gasteiger partial charge in [-0.3, -0.25) is 0 Å². The van der Waals surface area contributed by atoms with Crippen LogP contribution in [0.15, 0.2) is 48.0 Å². The Morgan fingerprint density at radius 2 is 1.77 bits per heavy atom. The van der Waals surface area contributed by atoms with Gasteiger partial charge in [0, 0.05) is 5.03 Å². The molecule has 0 aliphatic heterocycles. The molecule has 0 nitrogen and oxygen atoms in total. The lowest BCUT2D eigenvalue weighted by molar-refractivity contribution is 0.937. The summed E-state index contributed by atoms with van der Waals surface area (Å²) in [7, 11) is 0. The average molecular weight is 193 g/mol. The zero-order chi connectivity index (χ0) is 9.52. The number of allylic oxidation sites excluding steroid dienone is 2. The Kier molecular flexibility index (Phi) is 4.34. The van der Waals surface area contributed by atoms with Crippen molar-refractivity contribution in [3.05, 3.63) is 53.6 Å². The van der Waals surface area contributed by atoms with Gasteiger partial charge in [0.15, 0.2) is 0 Å². The highest BCUT2D eigenvalue weighted by molar-refractivity contribution is 6.30. The van der Waals surface area contributed by atoms with Gasteiger partial charge in [0.2, 0.25) is 0 Å². The van der Waals surface area contributed by atoms with E-state index in [9.17, 15) is 0 Å². The van der Waals surface area contributed by atoms with Crippen molar-refractivity contribution >= 4 is 17.7 Å². The summed E-state index contributed by atoms with van der Waals surface area (Å²) < 4.78 is 0. The lowest BCUT2D eigenvalue weighted by atomic mass is 10.1. The van der Waals surface area contributed by atoms with Gasteiger partial charge in [-0.05, 0) is 18.4 Å². The first-order chi connectivity index (χ1) is 6.33. The molecule has 1 aliphatic carbocycles. The molecule has 1 aromatic carbocycles. The lowest BCUT2D eigenvalue weighted by Gasteiger charge is -2.02. The van der Waals surface area contributed by atoms with E-state index in [-0.39, 0.29) is 0 Å². The number of hydrogen-bond acceptors (Lipinski definition) is 0. The number of benzene rings is 1. The first kappa shape index (κ1) is 10.1. The highest BCUT2D eigenvalue weighted by Crippen LogP contribution is 2.20. The number of hydrogen-bond donors (Lipinski definition) is 0. The van der Waals surface area contributed by atoms with E-state index in [1.54, 1.807) is 0 Å². The number of rotatable bonds is 1. The van der Waals surface area contributed by atoms with E-state index in [0.29, 0.717) is 0 Å². The predicted molar refractivity (Wildman–Crippen MR) is 59.7 cm³/mol. The summed E-state index contributed by atoms with van der Waals surface area (Å²) >= 11 is 5.41. The molecule has 0 aromatic heterocycles. The van der Waals surface area contributed by atoms with E-state index in [2.05, 4.69) is 6.58 Å². The van der Waals surface area contributed by atoms with Crippen molar-refractivity contribution in [2.75, 3.05) is 0 Å². The molecule has 2 rings (SSSR count). The predicted octanol–water partition coefficient (Wildman–Crippen LogP) is 4.23. The van der Waals surface area contributed by atoms with Crippen molar-refractivity contribution in [1.29, 1.82) is 0 Å². The minimum atomic E-state index is 1.03. The van der Waals surface area contributed by atoms with Crippen molar-refractivity contribution in [2.24, 2.45) is 0 Å². The molecule has 0 atom stereocenters. The molecule has 0 saturated heterocycles. The Labute approximate surface area is 84.5 Å². The third-order valence-corrected chi connectivity index (χ3v) is 2.13. The minimum absolute atomic E-state index is 1.03. The molecule has 0 fully saturated rings. The zero-order valence-corrected chi connectivity index (χ0v) is 8.30. The number of halogens is 1. The normalized spacial score (nSPS) is 13.2. The standard InChI is InChI=1S/C8H8.C4H5Cl/c1-2-8-6-4-3-5-7-8;5-4-2-1-3-4/h2-7H,1H2;2H,1,3H2. The van der Waals surface area contributed by atoms with Crippen molar-refractivity contribution in [3.8, 4) is 0 Å². The van der Waals surface area contributed by atoms with Gasteiger partial charge in [0.05, 0.1) is 0 Å². The fraction of sp³-hybridized carbons (Fsp3) is 0.167. The largest absolute Gasteiger partial charge is 0.0985 e. The second kappa shape index (κ2) is 5.60. The van der Waals surface area contributed by atoms with E-state index >= 15 is 0 Å². The molecule has 0 saturated carbocycles. The molecule has 0 amide bonds. The highest BCUT2D eigenvalue weighted by Gasteiger charge is 1.97. The minimum Gasteiger partial charge on any atom is -0.0985 e. The van der Waals surface area contributed by atoms with Crippen LogP contribution in [0.25, 0.3) is 6.08 Å². The average Bonchev–Trinajstić information content (AvgIpc) is 2.17. The fourth-order valence-electron chi connectivity index (χ4n) is 0.843. The molecule has 0 N–H and O–H groups in total. The first-order valence-corrected chi connectivity index (χ1v) is 4.73. The van der Waals surface area contributed by atoms with Crippen molar-refractivity contribution in [1.82, 2.24) is 0 Å². The molecular weight excluding hydrogens is 180 g/mol. The quantitative estimate of drug-likeness (QED) is 0.625. The van der Waals surface area contributed by atoms with E-state index < -0.39 is 0 Å². The summed E-state index contributed by atoms with van der Waals surface area (Å²) in [5.41, 5.74) is 1.17. The van der Waals surface area contributed by atoms with Crippen molar-refractivity contribution in [3.63, 3.8) is 0 Å².